The van der Waals surface area contributed by atoms with Crippen LogP contribution in [-0.2, 0) is 16.2 Å². The number of carboxylic acid groups (broad SMARTS) is 1. The van der Waals surface area contributed by atoms with E-state index in [9.17, 15) is 14.7 Å². The summed E-state index contributed by atoms with van der Waals surface area (Å²) in [6, 6.07) is 10.3. The Hall–Kier alpha value is -2.26. The third-order valence-electron chi connectivity index (χ3n) is 4.08. The van der Waals surface area contributed by atoms with Crippen LogP contribution in [0.15, 0.2) is 41.3 Å². The number of halogens is 2. The number of thioether (sulfide) groups is 1. The van der Waals surface area contributed by atoms with E-state index in [0.29, 0.717) is 37.6 Å². The Morgan fingerprint density at radius 1 is 1.23 bits per heavy atom. The summed E-state index contributed by atoms with van der Waals surface area (Å²) in [4.78, 5) is 24.5. The second kappa shape index (κ2) is 9.70. The molecule has 0 spiro atoms. The zero-order chi connectivity index (χ0) is 21.8. The highest BCUT2D eigenvalue weighted by molar-refractivity contribution is 8.26. The fourth-order valence-corrected chi connectivity index (χ4v) is 4.39. The van der Waals surface area contributed by atoms with Gasteiger partial charge in [-0.1, -0.05) is 59.3 Å². The zero-order valence-electron chi connectivity index (χ0n) is 15.5. The van der Waals surface area contributed by atoms with Crippen LogP contribution in [0.2, 0.25) is 10.0 Å². The van der Waals surface area contributed by atoms with E-state index in [1.807, 2.05) is 0 Å². The maximum atomic E-state index is 12.4. The number of benzene rings is 2. The Bertz CT molecular complexity index is 1040. The number of nitrogens with zero attached hydrogens (tertiary/aromatic N) is 1. The van der Waals surface area contributed by atoms with Gasteiger partial charge in [-0.15, -0.1) is 0 Å². The molecule has 2 aromatic carbocycles. The molecule has 0 N–H and O–H groups in total. The summed E-state index contributed by atoms with van der Waals surface area (Å²) in [5.74, 6) is -0.955. The van der Waals surface area contributed by atoms with E-state index >= 15 is 0 Å². The normalized spacial score (nSPS) is 15.0. The van der Waals surface area contributed by atoms with Crippen molar-refractivity contribution in [3.8, 4) is 11.5 Å². The van der Waals surface area contributed by atoms with Gasteiger partial charge in [-0.2, -0.15) is 0 Å². The van der Waals surface area contributed by atoms with Crippen molar-refractivity contribution in [1.29, 1.82) is 0 Å². The molecule has 0 radical (unpaired) electrons. The lowest BCUT2D eigenvalue weighted by Crippen LogP contribution is -2.40. The summed E-state index contributed by atoms with van der Waals surface area (Å²) in [7, 11) is 1.49. The standard InChI is InChI=1S/C20H15Cl2NO5S2/c1-27-16-7-11(8-17-19(26)23(9-18(24)25)20(29)30-17)5-6-15(16)28-10-12-13(21)3-2-4-14(12)22/h2-8H,9-10H2,1H3,(H,24,25)/p-1. The second-order valence-electron chi connectivity index (χ2n) is 6.04. The van der Waals surface area contributed by atoms with Crippen molar-refractivity contribution >= 4 is 69.5 Å². The number of thiocarbonyl (C=S) groups is 1. The Kier molecular flexibility index (Phi) is 7.25. The van der Waals surface area contributed by atoms with Crippen LogP contribution in [-0.4, -0.2) is 34.8 Å². The third-order valence-corrected chi connectivity index (χ3v) is 6.17. The number of amides is 1. The van der Waals surface area contributed by atoms with Gasteiger partial charge in [0.15, 0.2) is 11.5 Å². The molecule has 1 fully saturated rings. The summed E-state index contributed by atoms with van der Waals surface area (Å²) in [6.45, 7) is -0.432. The summed E-state index contributed by atoms with van der Waals surface area (Å²) in [5.41, 5.74) is 1.31. The number of methoxy groups -OCH3 is 1. The molecule has 0 saturated carbocycles. The summed E-state index contributed by atoms with van der Waals surface area (Å²) in [5, 5.41) is 11.8. The Morgan fingerprint density at radius 3 is 2.57 bits per heavy atom. The lowest BCUT2D eigenvalue weighted by molar-refractivity contribution is -0.305. The number of ether oxygens (including phenoxy) is 2. The van der Waals surface area contributed by atoms with E-state index in [2.05, 4.69) is 0 Å². The number of carboxylic acids is 1. The van der Waals surface area contributed by atoms with E-state index < -0.39 is 18.4 Å². The highest BCUT2D eigenvalue weighted by Crippen LogP contribution is 2.35. The number of rotatable bonds is 7. The largest absolute Gasteiger partial charge is 0.548 e. The fraction of sp³-hybridized carbons (Fsp3) is 0.150. The number of aliphatic carboxylic acids is 1. The van der Waals surface area contributed by atoms with Gasteiger partial charge < -0.3 is 19.4 Å². The molecule has 1 amide bonds. The second-order valence-corrected chi connectivity index (χ2v) is 8.53. The Labute approximate surface area is 192 Å². The van der Waals surface area contributed by atoms with E-state index in [1.54, 1.807) is 42.5 Å². The molecule has 1 aliphatic rings. The molecule has 1 aliphatic heterocycles. The minimum absolute atomic E-state index is 0.149. The van der Waals surface area contributed by atoms with Crippen molar-refractivity contribution in [2.75, 3.05) is 13.7 Å². The van der Waals surface area contributed by atoms with Crippen molar-refractivity contribution < 1.29 is 24.2 Å². The number of carbonyl (C=O) groups is 2. The van der Waals surface area contributed by atoms with Crippen molar-refractivity contribution in [3.05, 3.63) is 62.5 Å². The van der Waals surface area contributed by atoms with E-state index in [4.69, 9.17) is 44.9 Å². The predicted octanol–water partition coefficient (Wildman–Crippen LogP) is 3.53. The molecule has 10 heteroatoms. The van der Waals surface area contributed by atoms with Crippen LogP contribution in [0, 0.1) is 0 Å². The molecule has 0 bridgehead atoms. The molecular formula is C20H14Cl2NO5S2-. The average molecular weight is 483 g/mol. The Morgan fingerprint density at radius 2 is 1.93 bits per heavy atom. The first-order chi connectivity index (χ1) is 14.3. The molecule has 0 aromatic heterocycles. The zero-order valence-corrected chi connectivity index (χ0v) is 18.7. The maximum Gasteiger partial charge on any atom is 0.266 e. The van der Waals surface area contributed by atoms with Gasteiger partial charge in [0, 0.05) is 15.6 Å². The molecular weight excluding hydrogens is 469 g/mol. The fourth-order valence-electron chi connectivity index (χ4n) is 2.63. The van der Waals surface area contributed by atoms with Crippen molar-refractivity contribution in [2.45, 2.75) is 6.61 Å². The SMILES string of the molecule is COc1cc(C=C2SC(=S)N(CC(=O)[O-])C2=O)ccc1OCc1c(Cl)cccc1Cl. The van der Waals surface area contributed by atoms with Crippen LogP contribution in [0.3, 0.4) is 0 Å². The van der Waals surface area contributed by atoms with Gasteiger partial charge in [-0.3, -0.25) is 9.69 Å². The number of carbonyl (C=O) groups excluding carboxylic acids is 2. The number of hydrogen-bond donors (Lipinski definition) is 0. The summed E-state index contributed by atoms with van der Waals surface area (Å²) < 4.78 is 11.4. The smallest absolute Gasteiger partial charge is 0.266 e. The van der Waals surface area contributed by atoms with Gasteiger partial charge >= 0.3 is 0 Å². The first-order valence-corrected chi connectivity index (χ1v) is 10.5. The van der Waals surface area contributed by atoms with Crippen LogP contribution in [0.25, 0.3) is 6.08 Å². The van der Waals surface area contributed by atoms with Gasteiger partial charge in [0.1, 0.15) is 10.9 Å². The highest BCUT2D eigenvalue weighted by atomic mass is 35.5. The van der Waals surface area contributed by atoms with E-state index in [0.717, 1.165) is 16.7 Å². The molecule has 0 atom stereocenters. The van der Waals surface area contributed by atoms with Gasteiger partial charge in [0.25, 0.3) is 5.91 Å². The average Bonchev–Trinajstić information content (AvgIpc) is 2.95. The van der Waals surface area contributed by atoms with Crippen LogP contribution in [0.1, 0.15) is 11.1 Å². The first-order valence-electron chi connectivity index (χ1n) is 8.49. The van der Waals surface area contributed by atoms with Crippen molar-refractivity contribution in [1.82, 2.24) is 4.90 Å². The van der Waals surface area contributed by atoms with Gasteiger partial charge in [-0.25, -0.2) is 0 Å². The van der Waals surface area contributed by atoms with Gasteiger partial charge in [0.05, 0.1) is 24.5 Å². The molecule has 1 saturated heterocycles. The molecule has 6 nitrogen and oxygen atoms in total. The van der Waals surface area contributed by atoms with Gasteiger partial charge in [-0.05, 0) is 35.9 Å². The minimum Gasteiger partial charge on any atom is -0.548 e. The van der Waals surface area contributed by atoms with Crippen LogP contribution in [0.4, 0.5) is 0 Å². The van der Waals surface area contributed by atoms with E-state index in [1.165, 1.54) is 7.11 Å². The molecule has 3 rings (SSSR count). The summed E-state index contributed by atoms with van der Waals surface area (Å²) in [6.07, 6.45) is 1.60. The molecule has 156 valence electrons. The molecule has 30 heavy (non-hydrogen) atoms. The maximum absolute atomic E-state index is 12.4. The van der Waals surface area contributed by atoms with E-state index in [-0.39, 0.29) is 10.9 Å². The predicted molar refractivity (Wildman–Crippen MR) is 119 cm³/mol. The van der Waals surface area contributed by atoms with Crippen LogP contribution < -0.4 is 14.6 Å². The quantitative estimate of drug-likeness (QED) is 0.441. The van der Waals surface area contributed by atoms with Crippen molar-refractivity contribution in [2.24, 2.45) is 0 Å². The van der Waals surface area contributed by atoms with Crippen LogP contribution >= 0.6 is 47.2 Å². The number of hydrogen-bond acceptors (Lipinski definition) is 7. The van der Waals surface area contributed by atoms with Crippen LogP contribution in [0.5, 0.6) is 11.5 Å². The molecule has 0 unspecified atom stereocenters. The monoisotopic (exact) mass is 482 g/mol. The molecule has 1 heterocycles. The lowest BCUT2D eigenvalue weighted by Gasteiger charge is -2.14. The highest BCUT2D eigenvalue weighted by Gasteiger charge is 2.31. The van der Waals surface area contributed by atoms with Gasteiger partial charge in [0.2, 0.25) is 0 Å². The lowest BCUT2D eigenvalue weighted by atomic mass is 10.1. The topological polar surface area (TPSA) is 78.9 Å². The summed E-state index contributed by atoms with van der Waals surface area (Å²) >= 11 is 18.4. The minimum atomic E-state index is -1.38. The third kappa shape index (κ3) is 5.07. The Balaban J connectivity index is 1.79. The first kappa shape index (κ1) is 22.4. The van der Waals surface area contributed by atoms with Crippen molar-refractivity contribution in [3.63, 3.8) is 0 Å². The molecule has 0 aliphatic carbocycles. The molecule has 2 aromatic rings.